The van der Waals surface area contributed by atoms with Crippen molar-refractivity contribution in [3.05, 3.63) is 85.1 Å². The Morgan fingerprint density at radius 1 is 0.348 bits per heavy atom. The van der Waals surface area contributed by atoms with Crippen molar-refractivity contribution in [2.24, 2.45) is 0 Å². The number of carbonyl (C=O) groups is 3. The summed E-state index contributed by atoms with van der Waals surface area (Å²) < 4.78 is 23.0. The molecular weight excluding hydrogens is 1100 g/mol. The zero-order valence-corrected chi connectivity index (χ0v) is 59.1. The van der Waals surface area contributed by atoms with Gasteiger partial charge in [-0.2, -0.15) is 0 Å². The summed E-state index contributed by atoms with van der Waals surface area (Å²) in [4.78, 5) is 37.7. The molecule has 0 heterocycles. The number of allylic oxidation sites excluding steroid dienone is 14. The number of esters is 2. The highest BCUT2D eigenvalue weighted by atomic mass is 16.7. The van der Waals surface area contributed by atoms with Gasteiger partial charge in [0.2, 0.25) is 0 Å². The lowest BCUT2D eigenvalue weighted by Gasteiger charge is -2.25. The van der Waals surface area contributed by atoms with Crippen molar-refractivity contribution >= 4 is 17.9 Å². The molecule has 0 aromatic rings. The van der Waals surface area contributed by atoms with Gasteiger partial charge in [0.25, 0.3) is 6.29 Å². The number of carboxylic acid groups (broad SMARTS) is 1. The first-order valence-electron chi connectivity index (χ1n) is 37.8. The van der Waals surface area contributed by atoms with E-state index in [0.717, 1.165) is 77.0 Å². The van der Waals surface area contributed by atoms with E-state index in [4.69, 9.17) is 18.9 Å². The summed E-state index contributed by atoms with van der Waals surface area (Å²) in [5.41, 5.74) is 0. The molecule has 0 aromatic carbocycles. The smallest absolute Gasteiger partial charge is 0.361 e. The second-order valence-corrected chi connectivity index (χ2v) is 26.6. The van der Waals surface area contributed by atoms with Gasteiger partial charge in [0.15, 0.2) is 6.10 Å². The summed E-state index contributed by atoms with van der Waals surface area (Å²) in [5, 5.41) is 9.76. The molecule has 0 radical (unpaired) electrons. The number of quaternary nitrogens is 1. The highest BCUT2D eigenvalue weighted by Crippen LogP contribution is 2.18. The van der Waals surface area contributed by atoms with Crippen molar-refractivity contribution in [3.63, 3.8) is 0 Å². The van der Waals surface area contributed by atoms with Crippen LogP contribution in [0.1, 0.15) is 348 Å². The molecule has 0 rings (SSSR count). The highest BCUT2D eigenvalue weighted by Gasteiger charge is 2.25. The predicted octanol–water partition coefficient (Wildman–Crippen LogP) is 23.8. The second-order valence-electron chi connectivity index (χ2n) is 26.6. The lowest BCUT2D eigenvalue weighted by molar-refractivity contribution is -0.870. The van der Waals surface area contributed by atoms with E-state index in [1.165, 1.54) is 244 Å². The van der Waals surface area contributed by atoms with E-state index in [1.807, 2.05) is 21.1 Å². The van der Waals surface area contributed by atoms with Crippen molar-refractivity contribution in [1.29, 1.82) is 0 Å². The van der Waals surface area contributed by atoms with Crippen LogP contribution in [0.25, 0.3) is 0 Å². The molecule has 9 heteroatoms. The molecule has 0 spiro atoms. The average Bonchev–Trinajstić information content (AvgIpc) is 3.64. The summed E-state index contributed by atoms with van der Waals surface area (Å²) in [6.07, 6.45) is 92.9. The maximum atomic E-state index is 13.0. The highest BCUT2D eigenvalue weighted by molar-refractivity contribution is 5.71. The van der Waals surface area contributed by atoms with E-state index >= 15 is 0 Å². The number of carboxylic acids is 1. The minimum atomic E-state index is -1.51. The number of hydrogen-bond acceptors (Lipinski definition) is 7. The van der Waals surface area contributed by atoms with E-state index in [2.05, 4.69) is 98.9 Å². The fourth-order valence-corrected chi connectivity index (χ4v) is 10.9. The number of rotatable bonds is 70. The van der Waals surface area contributed by atoms with Crippen molar-refractivity contribution in [1.82, 2.24) is 0 Å². The molecular formula is C80H144NO8+. The average molecular weight is 1250 g/mol. The van der Waals surface area contributed by atoms with Crippen molar-refractivity contribution in [2.75, 3.05) is 47.5 Å². The lowest BCUT2D eigenvalue weighted by Crippen LogP contribution is -2.40. The summed E-state index contributed by atoms with van der Waals surface area (Å²) in [6, 6.07) is 0. The molecule has 2 unspecified atom stereocenters. The fraction of sp³-hybridized carbons (Fsp3) is 0.787. The molecule has 89 heavy (non-hydrogen) atoms. The molecule has 1 N–H and O–H groups in total. The first-order chi connectivity index (χ1) is 43.6. The van der Waals surface area contributed by atoms with Crippen LogP contribution < -0.4 is 0 Å². The minimum Gasteiger partial charge on any atom is -0.477 e. The second kappa shape index (κ2) is 70.3. The first-order valence-corrected chi connectivity index (χ1v) is 37.8. The Morgan fingerprint density at radius 2 is 0.640 bits per heavy atom. The van der Waals surface area contributed by atoms with Gasteiger partial charge in [-0.25, -0.2) is 4.79 Å². The van der Waals surface area contributed by atoms with Crippen molar-refractivity contribution < 1.29 is 42.9 Å². The summed E-state index contributed by atoms with van der Waals surface area (Å²) >= 11 is 0. The topological polar surface area (TPSA) is 108 Å². The maximum absolute atomic E-state index is 13.0. The molecule has 9 nitrogen and oxygen atoms in total. The Balaban J connectivity index is 4.02. The summed E-state index contributed by atoms with van der Waals surface area (Å²) in [7, 11) is 5.99. The third-order valence-electron chi connectivity index (χ3n) is 16.6. The predicted molar refractivity (Wildman–Crippen MR) is 382 cm³/mol. The molecule has 516 valence electrons. The van der Waals surface area contributed by atoms with Gasteiger partial charge in [-0.3, -0.25) is 9.59 Å². The van der Waals surface area contributed by atoms with E-state index in [9.17, 15) is 19.5 Å². The largest absolute Gasteiger partial charge is 0.477 e. The van der Waals surface area contributed by atoms with E-state index in [0.29, 0.717) is 17.4 Å². The third-order valence-corrected chi connectivity index (χ3v) is 16.6. The molecule has 0 aliphatic heterocycles. The van der Waals surface area contributed by atoms with Gasteiger partial charge < -0.3 is 28.5 Å². The summed E-state index contributed by atoms with van der Waals surface area (Å²) in [5.74, 6) is -1.98. The van der Waals surface area contributed by atoms with Crippen LogP contribution in [0.3, 0.4) is 0 Å². The van der Waals surface area contributed by atoms with Gasteiger partial charge in [-0.15, -0.1) is 0 Å². The fourth-order valence-electron chi connectivity index (χ4n) is 10.9. The van der Waals surface area contributed by atoms with Crippen LogP contribution in [-0.4, -0.2) is 87.4 Å². The molecule has 0 saturated carbocycles. The van der Waals surface area contributed by atoms with Gasteiger partial charge in [-0.05, 0) is 89.9 Å². The zero-order chi connectivity index (χ0) is 64.7. The molecule has 0 aromatic heterocycles. The zero-order valence-electron chi connectivity index (χ0n) is 59.1. The molecule has 0 bridgehead atoms. The van der Waals surface area contributed by atoms with Gasteiger partial charge in [0, 0.05) is 12.8 Å². The van der Waals surface area contributed by atoms with E-state index < -0.39 is 18.4 Å². The molecule has 0 amide bonds. The Kier molecular flexibility index (Phi) is 67.6. The normalized spacial score (nSPS) is 13.1. The third kappa shape index (κ3) is 71.8. The SMILES string of the molecule is CC/C=C\C/C=C\C/C=C\C/C=C\C/C=C\C/C=C\CCCCCCCCCCCCCCCCCCCCCCC(=O)OC(COC(=O)CCCCCCCCCCCCCCC/C=C\CCCCCCCCCC)COC(OCC[N+](C)(C)C)C(=O)O. The van der Waals surface area contributed by atoms with Crippen LogP contribution >= 0.6 is 0 Å². The maximum Gasteiger partial charge on any atom is 0.361 e. The molecule has 2 atom stereocenters. The Hall–Kier alpha value is -3.53. The number of hydrogen-bond donors (Lipinski definition) is 1. The van der Waals surface area contributed by atoms with Crippen LogP contribution in [0.15, 0.2) is 85.1 Å². The standard InChI is InChI=1S/C80H143NO8/c1-6-8-10-12-14-16-18-20-22-24-26-28-30-32-33-34-35-36-37-38-39-40-41-42-43-44-45-47-49-51-53-55-57-59-61-63-65-67-69-71-78(83)89-76(75-88-80(79(84)85)86-73-72-81(3,4)5)74-87-77(82)70-68-66-64-62-60-58-56-54-52-50-48-46-31-29-27-25-23-21-19-17-15-13-11-9-7-2/h8,10,14,16,20,22,25-28,32-33,35-36,76,80H,6-7,9,11-13,15,17-19,21,23-24,29-31,34,37-75H2,1-5H3/p+1/b10-8-,16-14-,22-20-,27-25-,28-26-,33-32-,36-35-. The van der Waals surface area contributed by atoms with Crippen LogP contribution in [0.5, 0.6) is 0 Å². The number of carbonyl (C=O) groups excluding carboxylic acids is 2. The molecule has 0 saturated heterocycles. The van der Waals surface area contributed by atoms with Crippen LogP contribution in [0.2, 0.25) is 0 Å². The monoisotopic (exact) mass is 1250 g/mol. The van der Waals surface area contributed by atoms with E-state index in [1.54, 1.807) is 0 Å². The number of nitrogens with zero attached hydrogens (tertiary/aromatic N) is 1. The Morgan fingerprint density at radius 3 is 0.966 bits per heavy atom. The van der Waals surface area contributed by atoms with Crippen molar-refractivity contribution in [2.45, 2.75) is 360 Å². The molecule has 0 aliphatic rings. The van der Waals surface area contributed by atoms with Gasteiger partial charge in [0.1, 0.15) is 13.2 Å². The van der Waals surface area contributed by atoms with Gasteiger partial charge in [0.05, 0.1) is 34.4 Å². The lowest BCUT2D eigenvalue weighted by atomic mass is 10.0. The van der Waals surface area contributed by atoms with Crippen LogP contribution in [0.4, 0.5) is 0 Å². The van der Waals surface area contributed by atoms with Crippen LogP contribution in [-0.2, 0) is 33.3 Å². The van der Waals surface area contributed by atoms with Gasteiger partial charge in [-0.1, -0.05) is 330 Å². The quantitative estimate of drug-likeness (QED) is 0.0211. The molecule has 0 aliphatic carbocycles. The summed E-state index contributed by atoms with van der Waals surface area (Å²) in [6.45, 7) is 4.81. The minimum absolute atomic E-state index is 0.180. The van der Waals surface area contributed by atoms with E-state index in [-0.39, 0.29) is 38.2 Å². The number of aliphatic carboxylic acids is 1. The van der Waals surface area contributed by atoms with Crippen molar-refractivity contribution in [3.8, 4) is 0 Å². The first kappa shape index (κ1) is 85.5. The molecule has 0 fully saturated rings. The number of ether oxygens (including phenoxy) is 4. The Bertz CT molecular complexity index is 1740. The van der Waals surface area contributed by atoms with Crippen LogP contribution in [0, 0.1) is 0 Å². The number of unbranched alkanes of at least 4 members (excludes halogenated alkanes) is 41. The Labute approximate surface area is 550 Å². The number of likely N-dealkylation sites (N-methyl/N-ethyl adjacent to an activating group) is 1. The van der Waals surface area contributed by atoms with Gasteiger partial charge >= 0.3 is 17.9 Å².